The molecule has 1 aromatic carbocycles. The fraction of sp³-hybridized carbons (Fsp3) is 0.417. The summed E-state index contributed by atoms with van der Waals surface area (Å²) in [4.78, 5) is 10.5. The zero-order valence-electron chi connectivity index (χ0n) is 11.2. The summed E-state index contributed by atoms with van der Waals surface area (Å²) in [5.74, 6) is -1.03. The standard InChI is InChI=1S/C12H17BrN2O4S/c1-9(10-3-5-11(13)6-4-10)14-20(18,19)15(2)8-7-12(16)17/h3-6,9,14H,7-8H2,1-2H3,(H,16,17)/t9-/m1/s1. The van der Waals surface area contributed by atoms with E-state index in [1.807, 2.05) is 24.3 Å². The van der Waals surface area contributed by atoms with Gasteiger partial charge in [-0.2, -0.15) is 17.4 Å². The highest BCUT2D eigenvalue weighted by atomic mass is 79.9. The van der Waals surface area contributed by atoms with Crippen LogP contribution in [-0.2, 0) is 15.0 Å². The van der Waals surface area contributed by atoms with Gasteiger partial charge in [-0.3, -0.25) is 4.79 Å². The Morgan fingerprint density at radius 2 is 1.95 bits per heavy atom. The smallest absolute Gasteiger partial charge is 0.304 e. The molecule has 0 aliphatic heterocycles. The molecule has 0 aromatic heterocycles. The van der Waals surface area contributed by atoms with Crippen LogP contribution in [0.25, 0.3) is 0 Å². The second-order valence-corrected chi connectivity index (χ2v) is 7.09. The van der Waals surface area contributed by atoms with Crippen molar-refractivity contribution in [3.05, 3.63) is 34.3 Å². The van der Waals surface area contributed by atoms with Crippen molar-refractivity contribution in [2.75, 3.05) is 13.6 Å². The zero-order chi connectivity index (χ0) is 15.3. The highest BCUT2D eigenvalue weighted by Gasteiger charge is 2.21. The van der Waals surface area contributed by atoms with Gasteiger partial charge in [0.15, 0.2) is 0 Å². The molecule has 0 heterocycles. The summed E-state index contributed by atoms with van der Waals surface area (Å²) in [5.41, 5.74) is 0.823. The molecular formula is C12H17BrN2O4S. The number of carbonyl (C=O) groups is 1. The highest BCUT2D eigenvalue weighted by Crippen LogP contribution is 2.17. The number of aliphatic carboxylic acids is 1. The van der Waals surface area contributed by atoms with E-state index >= 15 is 0 Å². The van der Waals surface area contributed by atoms with Crippen LogP contribution in [0.1, 0.15) is 24.9 Å². The molecule has 8 heteroatoms. The van der Waals surface area contributed by atoms with Crippen molar-refractivity contribution in [2.24, 2.45) is 0 Å². The van der Waals surface area contributed by atoms with E-state index in [-0.39, 0.29) is 13.0 Å². The number of nitrogens with zero attached hydrogens (tertiary/aromatic N) is 1. The molecule has 0 spiro atoms. The third-order valence-corrected chi connectivity index (χ3v) is 4.93. The van der Waals surface area contributed by atoms with E-state index in [0.717, 1.165) is 14.3 Å². The molecule has 6 nitrogen and oxygen atoms in total. The Labute approximate surface area is 127 Å². The van der Waals surface area contributed by atoms with Crippen molar-refractivity contribution in [3.63, 3.8) is 0 Å². The molecule has 0 aliphatic rings. The average Bonchev–Trinajstić information content (AvgIpc) is 2.35. The Hall–Kier alpha value is -0.960. The van der Waals surface area contributed by atoms with Gasteiger partial charge in [-0.05, 0) is 24.6 Å². The van der Waals surface area contributed by atoms with Gasteiger partial charge >= 0.3 is 5.97 Å². The lowest BCUT2D eigenvalue weighted by Gasteiger charge is -2.20. The van der Waals surface area contributed by atoms with Crippen LogP contribution in [0, 0.1) is 0 Å². The lowest BCUT2D eigenvalue weighted by molar-refractivity contribution is -0.137. The monoisotopic (exact) mass is 364 g/mol. The summed E-state index contributed by atoms with van der Waals surface area (Å²) in [6.45, 7) is 1.66. The third kappa shape index (κ3) is 5.20. The van der Waals surface area contributed by atoms with Gasteiger partial charge in [0.2, 0.25) is 0 Å². The van der Waals surface area contributed by atoms with Crippen molar-refractivity contribution in [1.82, 2.24) is 9.03 Å². The SMILES string of the molecule is C[C@@H](NS(=O)(=O)N(C)CCC(=O)O)c1ccc(Br)cc1. The molecule has 0 saturated carbocycles. The van der Waals surface area contributed by atoms with E-state index in [4.69, 9.17) is 5.11 Å². The predicted molar refractivity (Wildman–Crippen MR) is 79.5 cm³/mol. The lowest BCUT2D eigenvalue weighted by Crippen LogP contribution is -2.40. The van der Waals surface area contributed by atoms with Crippen molar-refractivity contribution >= 4 is 32.1 Å². The molecule has 1 rings (SSSR count). The van der Waals surface area contributed by atoms with Gasteiger partial charge < -0.3 is 5.11 Å². The number of rotatable bonds is 7. The molecule has 20 heavy (non-hydrogen) atoms. The van der Waals surface area contributed by atoms with Crippen LogP contribution in [0.15, 0.2) is 28.7 Å². The molecule has 0 aliphatic carbocycles. The van der Waals surface area contributed by atoms with Gasteiger partial charge in [-0.25, -0.2) is 0 Å². The maximum Gasteiger partial charge on any atom is 0.304 e. The van der Waals surface area contributed by atoms with Gasteiger partial charge in [0.05, 0.1) is 6.42 Å². The molecule has 0 saturated heterocycles. The lowest BCUT2D eigenvalue weighted by atomic mass is 10.1. The molecule has 0 radical (unpaired) electrons. The average molecular weight is 365 g/mol. The molecule has 112 valence electrons. The summed E-state index contributed by atoms with van der Waals surface area (Å²) in [6.07, 6.45) is -0.232. The van der Waals surface area contributed by atoms with Crippen LogP contribution in [-0.4, -0.2) is 37.4 Å². The first-order valence-corrected chi connectivity index (χ1v) is 8.16. The fourth-order valence-corrected chi connectivity index (χ4v) is 2.86. The van der Waals surface area contributed by atoms with Gasteiger partial charge in [0.1, 0.15) is 0 Å². The third-order valence-electron chi connectivity index (χ3n) is 2.75. The summed E-state index contributed by atoms with van der Waals surface area (Å²) >= 11 is 3.31. The van der Waals surface area contributed by atoms with E-state index in [1.165, 1.54) is 7.05 Å². The largest absolute Gasteiger partial charge is 0.481 e. The number of nitrogens with one attached hydrogen (secondary N) is 1. The van der Waals surface area contributed by atoms with E-state index in [2.05, 4.69) is 20.7 Å². The summed E-state index contributed by atoms with van der Waals surface area (Å²) in [6, 6.07) is 6.88. The van der Waals surface area contributed by atoms with Crippen molar-refractivity contribution in [3.8, 4) is 0 Å². The zero-order valence-corrected chi connectivity index (χ0v) is 13.6. The molecule has 0 fully saturated rings. The second kappa shape index (κ2) is 7.16. The molecule has 2 N–H and O–H groups in total. The van der Waals surface area contributed by atoms with Crippen molar-refractivity contribution in [2.45, 2.75) is 19.4 Å². The van der Waals surface area contributed by atoms with Crippen LogP contribution in [0.4, 0.5) is 0 Å². The summed E-state index contributed by atoms with van der Waals surface area (Å²) in [7, 11) is -2.36. The number of halogens is 1. The number of benzene rings is 1. The molecule has 0 bridgehead atoms. The van der Waals surface area contributed by atoms with Gasteiger partial charge in [-0.1, -0.05) is 28.1 Å². The Bertz CT molecular complexity index is 559. The fourth-order valence-electron chi connectivity index (χ4n) is 1.51. The van der Waals surface area contributed by atoms with E-state index in [1.54, 1.807) is 6.92 Å². The number of hydrogen-bond acceptors (Lipinski definition) is 3. The number of hydrogen-bond donors (Lipinski definition) is 2. The first-order chi connectivity index (χ1) is 9.22. The number of carboxylic acid groups (broad SMARTS) is 1. The Morgan fingerprint density at radius 3 is 2.45 bits per heavy atom. The Morgan fingerprint density at radius 1 is 1.40 bits per heavy atom. The van der Waals surface area contributed by atoms with Crippen LogP contribution in [0.5, 0.6) is 0 Å². The van der Waals surface area contributed by atoms with E-state index < -0.39 is 22.2 Å². The Balaban J connectivity index is 2.69. The molecule has 1 aromatic rings. The van der Waals surface area contributed by atoms with Crippen molar-refractivity contribution < 1.29 is 18.3 Å². The molecular weight excluding hydrogens is 348 g/mol. The van der Waals surface area contributed by atoms with Gasteiger partial charge in [0.25, 0.3) is 10.2 Å². The quantitative estimate of drug-likeness (QED) is 0.771. The maximum atomic E-state index is 12.0. The second-order valence-electron chi connectivity index (χ2n) is 4.36. The van der Waals surface area contributed by atoms with Crippen molar-refractivity contribution in [1.29, 1.82) is 0 Å². The minimum atomic E-state index is -3.71. The molecule has 1 atom stereocenters. The highest BCUT2D eigenvalue weighted by molar-refractivity contribution is 9.10. The van der Waals surface area contributed by atoms with Crippen LogP contribution < -0.4 is 4.72 Å². The maximum absolute atomic E-state index is 12.0. The first-order valence-electron chi connectivity index (χ1n) is 5.93. The summed E-state index contributed by atoms with van der Waals surface area (Å²) < 4.78 is 28.4. The molecule has 0 unspecified atom stereocenters. The van der Waals surface area contributed by atoms with Gasteiger partial charge in [-0.15, -0.1) is 0 Å². The predicted octanol–water partition coefficient (Wildman–Crippen LogP) is 1.75. The van der Waals surface area contributed by atoms with Gasteiger partial charge in [0, 0.05) is 24.1 Å². The normalized spacial score (nSPS) is 13.4. The first kappa shape index (κ1) is 17.1. The topological polar surface area (TPSA) is 86.7 Å². The Kier molecular flexibility index (Phi) is 6.12. The minimum absolute atomic E-state index is 0.0717. The van der Waals surface area contributed by atoms with Crippen LogP contribution >= 0.6 is 15.9 Å². The van der Waals surface area contributed by atoms with Crippen LogP contribution in [0.3, 0.4) is 0 Å². The number of carboxylic acids is 1. The van der Waals surface area contributed by atoms with E-state index in [0.29, 0.717) is 0 Å². The van der Waals surface area contributed by atoms with Crippen LogP contribution in [0.2, 0.25) is 0 Å². The minimum Gasteiger partial charge on any atom is -0.481 e. The van der Waals surface area contributed by atoms with E-state index in [9.17, 15) is 13.2 Å². The molecule has 0 amide bonds. The summed E-state index contributed by atoms with van der Waals surface area (Å²) in [5, 5.41) is 8.57.